The van der Waals surface area contributed by atoms with Crippen molar-refractivity contribution < 1.29 is 14.6 Å². The van der Waals surface area contributed by atoms with Gasteiger partial charge in [-0.3, -0.25) is 4.79 Å². The molecule has 16 heavy (non-hydrogen) atoms. The van der Waals surface area contributed by atoms with Crippen LogP contribution in [0, 0.1) is 0 Å². The van der Waals surface area contributed by atoms with E-state index in [1.54, 1.807) is 0 Å². The molecule has 0 fully saturated rings. The van der Waals surface area contributed by atoms with Crippen LogP contribution in [-0.2, 0) is 16.0 Å². The Balaban J connectivity index is 2.13. The van der Waals surface area contributed by atoms with E-state index in [0.29, 0.717) is 12.8 Å². The van der Waals surface area contributed by atoms with Gasteiger partial charge in [-0.15, -0.1) is 0 Å². The van der Waals surface area contributed by atoms with Gasteiger partial charge in [-0.25, -0.2) is 0 Å². The number of carbonyl (C=O) groups is 1. The molecule has 86 valence electrons. The van der Waals surface area contributed by atoms with Gasteiger partial charge in [0.2, 0.25) is 0 Å². The van der Waals surface area contributed by atoms with E-state index in [0.717, 1.165) is 17.5 Å². The van der Waals surface area contributed by atoms with Crippen LogP contribution in [0.1, 0.15) is 37.0 Å². The number of hydrogen-bond donors (Lipinski definition) is 1. The maximum atomic E-state index is 11.4. The zero-order chi connectivity index (χ0) is 11.5. The predicted octanol–water partition coefficient (Wildman–Crippen LogP) is 1.99. The highest BCUT2D eigenvalue weighted by molar-refractivity contribution is 5.69. The summed E-state index contributed by atoms with van der Waals surface area (Å²) in [7, 11) is 0. The van der Waals surface area contributed by atoms with Gasteiger partial charge in [0.15, 0.2) is 6.10 Å². The van der Waals surface area contributed by atoms with Crippen molar-refractivity contribution in [2.24, 2.45) is 0 Å². The summed E-state index contributed by atoms with van der Waals surface area (Å²) in [5.74, 6) is -0.233. The van der Waals surface area contributed by atoms with Crippen molar-refractivity contribution in [3.8, 4) is 0 Å². The van der Waals surface area contributed by atoms with Crippen molar-refractivity contribution in [3.63, 3.8) is 0 Å². The third-order valence-corrected chi connectivity index (χ3v) is 2.85. The first-order chi connectivity index (χ1) is 7.72. The Kier molecular flexibility index (Phi) is 3.25. The summed E-state index contributed by atoms with van der Waals surface area (Å²) in [4.78, 5) is 11.4. The molecule has 1 N–H and O–H groups in total. The Labute approximate surface area is 95.0 Å². The molecule has 1 aliphatic rings. The van der Waals surface area contributed by atoms with Crippen LogP contribution in [0.3, 0.4) is 0 Å². The van der Waals surface area contributed by atoms with Gasteiger partial charge >= 0.3 is 5.97 Å². The van der Waals surface area contributed by atoms with Gasteiger partial charge in [0, 0.05) is 12.8 Å². The molecule has 2 atom stereocenters. The molecule has 0 saturated carbocycles. The molecule has 3 heteroatoms. The van der Waals surface area contributed by atoms with Gasteiger partial charge in [0.25, 0.3) is 0 Å². The SMILES string of the molecule is CCCC(=O)O[C@@H]1c2ccccc2C[C@@H]1O. The molecular formula is C13H16O3. The van der Waals surface area contributed by atoms with Crippen LogP contribution in [0.4, 0.5) is 0 Å². The van der Waals surface area contributed by atoms with Crippen molar-refractivity contribution in [1.82, 2.24) is 0 Å². The first-order valence-electron chi connectivity index (χ1n) is 5.67. The van der Waals surface area contributed by atoms with Crippen LogP contribution < -0.4 is 0 Å². The van der Waals surface area contributed by atoms with Crippen LogP contribution in [0.2, 0.25) is 0 Å². The van der Waals surface area contributed by atoms with Gasteiger partial charge in [-0.1, -0.05) is 31.2 Å². The van der Waals surface area contributed by atoms with Crippen LogP contribution in [0.25, 0.3) is 0 Å². The summed E-state index contributed by atoms with van der Waals surface area (Å²) in [6.07, 6.45) is 0.669. The van der Waals surface area contributed by atoms with E-state index in [-0.39, 0.29) is 5.97 Å². The summed E-state index contributed by atoms with van der Waals surface area (Å²) in [6, 6.07) is 7.71. The lowest BCUT2D eigenvalue weighted by Crippen LogP contribution is -2.19. The zero-order valence-electron chi connectivity index (χ0n) is 9.35. The van der Waals surface area contributed by atoms with Crippen molar-refractivity contribution >= 4 is 5.97 Å². The molecule has 0 radical (unpaired) electrons. The van der Waals surface area contributed by atoms with E-state index in [4.69, 9.17) is 4.74 Å². The van der Waals surface area contributed by atoms with E-state index in [1.807, 2.05) is 31.2 Å². The highest BCUT2D eigenvalue weighted by atomic mass is 16.6. The van der Waals surface area contributed by atoms with Crippen molar-refractivity contribution in [1.29, 1.82) is 0 Å². The third-order valence-electron chi connectivity index (χ3n) is 2.85. The average molecular weight is 220 g/mol. The Hall–Kier alpha value is -1.35. The molecule has 0 unspecified atom stereocenters. The molecule has 1 aromatic carbocycles. The average Bonchev–Trinajstić information content (AvgIpc) is 2.56. The van der Waals surface area contributed by atoms with Crippen molar-refractivity contribution in [2.45, 2.75) is 38.4 Å². The monoisotopic (exact) mass is 220 g/mol. The maximum Gasteiger partial charge on any atom is 0.306 e. The summed E-state index contributed by atoms with van der Waals surface area (Å²) in [6.45, 7) is 1.93. The normalized spacial score (nSPS) is 22.9. The van der Waals surface area contributed by atoms with Gasteiger partial charge in [-0.05, 0) is 17.5 Å². The summed E-state index contributed by atoms with van der Waals surface area (Å²) in [5, 5.41) is 9.85. The van der Waals surface area contributed by atoms with Crippen LogP contribution >= 0.6 is 0 Å². The van der Waals surface area contributed by atoms with Crippen LogP contribution in [-0.4, -0.2) is 17.2 Å². The predicted molar refractivity (Wildman–Crippen MR) is 59.9 cm³/mol. The molecular weight excluding hydrogens is 204 g/mol. The molecule has 0 heterocycles. The minimum absolute atomic E-state index is 0.233. The van der Waals surface area contributed by atoms with E-state index >= 15 is 0 Å². The fraction of sp³-hybridized carbons (Fsp3) is 0.462. The number of hydrogen-bond acceptors (Lipinski definition) is 3. The number of aliphatic hydroxyl groups excluding tert-OH is 1. The van der Waals surface area contributed by atoms with E-state index in [2.05, 4.69) is 0 Å². The molecule has 1 aliphatic carbocycles. The van der Waals surface area contributed by atoms with Gasteiger partial charge in [0.1, 0.15) is 0 Å². The molecule has 2 rings (SSSR count). The molecule has 1 aromatic rings. The largest absolute Gasteiger partial charge is 0.455 e. The van der Waals surface area contributed by atoms with Crippen molar-refractivity contribution in [3.05, 3.63) is 35.4 Å². The second kappa shape index (κ2) is 4.66. The highest BCUT2D eigenvalue weighted by Gasteiger charge is 2.33. The number of esters is 1. The topological polar surface area (TPSA) is 46.5 Å². The standard InChI is InChI=1S/C13H16O3/c1-2-5-12(15)16-13-10-7-4-3-6-9(10)8-11(13)14/h3-4,6-7,11,13-14H,2,5,8H2,1H3/t11-,13+/m0/s1. The quantitative estimate of drug-likeness (QED) is 0.792. The maximum absolute atomic E-state index is 11.4. The van der Waals surface area contributed by atoms with Crippen LogP contribution in [0.15, 0.2) is 24.3 Å². The minimum atomic E-state index is -0.599. The van der Waals surface area contributed by atoms with Crippen molar-refractivity contribution in [2.75, 3.05) is 0 Å². The van der Waals surface area contributed by atoms with E-state index in [1.165, 1.54) is 0 Å². The number of fused-ring (bicyclic) bond motifs is 1. The smallest absolute Gasteiger partial charge is 0.306 e. The minimum Gasteiger partial charge on any atom is -0.455 e. The summed E-state index contributed by atoms with van der Waals surface area (Å²) in [5.41, 5.74) is 2.02. The van der Waals surface area contributed by atoms with E-state index in [9.17, 15) is 9.90 Å². The molecule has 0 saturated heterocycles. The number of benzene rings is 1. The first-order valence-corrected chi connectivity index (χ1v) is 5.67. The Morgan fingerprint density at radius 2 is 2.25 bits per heavy atom. The molecule has 0 bridgehead atoms. The van der Waals surface area contributed by atoms with Gasteiger partial charge in [0.05, 0.1) is 6.10 Å². The molecule has 3 nitrogen and oxygen atoms in total. The lowest BCUT2D eigenvalue weighted by molar-refractivity contribution is -0.154. The molecule has 0 aliphatic heterocycles. The Morgan fingerprint density at radius 3 is 3.00 bits per heavy atom. The Bertz CT molecular complexity index is 387. The van der Waals surface area contributed by atoms with E-state index < -0.39 is 12.2 Å². The van der Waals surface area contributed by atoms with Gasteiger partial charge < -0.3 is 9.84 Å². The first kappa shape index (κ1) is 11.1. The molecule has 0 amide bonds. The number of carbonyl (C=O) groups excluding carboxylic acids is 1. The third kappa shape index (κ3) is 2.09. The summed E-state index contributed by atoms with van der Waals surface area (Å²) < 4.78 is 5.30. The molecule has 0 aromatic heterocycles. The Morgan fingerprint density at radius 1 is 1.50 bits per heavy atom. The second-order valence-corrected chi connectivity index (χ2v) is 4.13. The second-order valence-electron chi connectivity index (χ2n) is 4.13. The number of ether oxygens (including phenoxy) is 1. The summed E-state index contributed by atoms with van der Waals surface area (Å²) >= 11 is 0. The number of rotatable bonds is 3. The van der Waals surface area contributed by atoms with Crippen LogP contribution in [0.5, 0.6) is 0 Å². The lowest BCUT2D eigenvalue weighted by Gasteiger charge is -2.16. The number of aliphatic hydroxyl groups is 1. The van der Waals surface area contributed by atoms with Gasteiger partial charge in [-0.2, -0.15) is 0 Å². The molecule has 0 spiro atoms. The highest BCUT2D eigenvalue weighted by Crippen LogP contribution is 2.34. The lowest BCUT2D eigenvalue weighted by atomic mass is 10.1. The fourth-order valence-corrected chi connectivity index (χ4v) is 2.08. The zero-order valence-corrected chi connectivity index (χ0v) is 9.35. The fourth-order valence-electron chi connectivity index (χ4n) is 2.08.